The Bertz CT molecular complexity index is 1110. The second-order valence-electron chi connectivity index (χ2n) is 8.43. The minimum absolute atomic E-state index is 0.0901. The minimum atomic E-state index is -4.81. The van der Waals surface area contributed by atoms with Crippen molar-refractivity contribution in [3.63, 3.8) is 0 Å². The molecular formula is C20H21F6N7O2. The van der Waals surface area contributed by atoms with Gasteiger partial charge in [-0.25, -0.2) is 15.1 Å². The van der Waals surface area contributed by atoms with E-state index in [1.807, 2.05) is 5.10 Å². The number of carbonyl (C=O) groups is 1. The zero-order chi connectivity index (χ0) is 25.4. The Hall–Kier alpha value is -3.39. The lowest BCUT2D eigenvalue weighted by molar-refractivity contribution is -0.139. The summed E-state index contributed by atoms with van der Waals surface area (Å²) in [5.41, 5.74) is -3.62. The fraction of sp³-hybridized carbons (Fsp3) is 0.550. The van der Waals surface area contributed by atoms with Crippen LogP contribution < -0.4 is 15.8 Å². The van der Waals surface area contributed by atoms with Crippen molar-refractivity contribution in [3.05, 3.63) is 39.9 Å². The van der Waals surface area contributed by atoms with Crippen molar-refractivity contribution in [2.75, 3.05) is 36.4 Å². The van der Waals surface area contributed by atoms with Crippen molar-refractivity contribution >= 4 is 17.7 Å². The highest BCUT2D eigenvalue weighted by Gasteiger charge is 2.37. The predicted octanol–water partition coefficient (Wildman–Crippen LogP) is 2.53. The molecule has 35 heavy (non-hydrogen) atoms. The van der Waals surface area contributed by atoms with Gasteiger partial charge in [0.15, 0.2) is 0 Å². The number of nitrogens with zero attached hydrogens (tertiary/aromatic N) is 5. The first kappa shape index (κ1) is 24.7. The monoisotopic (exact) mass is 505 g/mol. The van der Waals surface area contributed by atoms with Gasteiger partial charge in [0, 0.05) is 56.6 Å². The average Bonchev–Trinajstić information content (AvgIpc) is 3.27. The van der Waals surface area contributed by atoms with Crippen LogP contribution in [0, 0.1) is 5.92 Å². The molecule has 2 atom stereocenters. The molecule has 2 aliphatic rings. The van der Waals surface area contributed by atoms with Crippen LogP contribution in [-0.4, -0.2) is 63.2 Å². The summed E-state index contributed by atoms with van der Waals surface area (Å²) in [5, 5.41) is 8.29. The molecule has 190 valence electrons. The van der Waals surface area contributed by atoms with Gasteiger partial charge in [0.1, 0.15) is 11.4 Å². The highest BCUT2D eigenvalue weighted by molar-refractivity contribution is 5.79. The molecule has 0 aromatic carbocycles. The molecule has 1 saturated heterocycles. The number of alkyl halides is 6. The number of halogens is 6. The molecule has 1 aliphatic heterocycles. The first-order valence-electron chi connectivity index (χ1n) is 10.8. The maximum Gasteiger partial charge on any atom is 0.421 e. The smallest absolute Gasteiger partial charge is 0.366 e. The molecule has 2 aromatic rings. The van der Waals surface area contributed by atoms with Gasteiger partial charge in [0.2, 0.25) is 11.9 Å². The van der Waals surface area contributed by atoms with E-state index in [1.165, 1.54) is 0 Å². The first-order chi connectivity index (χ1) is 16.4. The van der Waals surface area contributed by atoms with Gasteiger partial charge in [0.25, 0.3) is 5.56 Å². The maximum absolute atomic E-state index is 12.9. The van der Waals surface area contributed by atoms with Crippen LogP contribution in [0.2, 0.25) is 0 Å². The van der Waals surface area contributed by atoms with E-state index >= 15 is 0 Å². The van der Waals surface area contributed by atoms with Crippen LogP contribution in [0.25, 0.3) is 0 Å². The van der Waals surface area contributed by atoms with E-state index < -0.39 is 29.0 Å². The van der Waals surface area contributed by atoms with Gasteiger partial charge in [0.05, 0.1) is 5.56 Å². The molecule has 1 amide bonds. The van der Waals surface area contributed by atoms with Crippen LogP contribution in [0.4, 0.5) is 38.1 Å². The Kier molecular flexibility index (Phi) is 6.60. The third kappa shape index (κ3) is 5.65. The van der Waals surface area contributed by atoms with Gasteiger partial charge >= 0.3 is 12.4 Å². The SMILES string of the molecule is O=C([C@@H]1CC[C@H](Nc2cc(C(F)(F)F)c(=O)[nH]n2)C1)N1CCN(c2ncc(C(F)(F)F)cn2)CC1. The zero-order valence-electron chi connectivity index (χ0n) is 18.2. The largest absolute Gasteiger partial charge is 0.421 e. The van der Waals surface area contributed by atoms with Gasteiger partial charge in [-0.15, -0.1) is 0 Å². The Morgan fingerprint density at radius 2 is 1.66 bits per heavy atom. The molecular weight excluding hydrogens is 484 g/mol. The summed E-state index contributed by atoms with van der Waals surface area (Å²) in [6.07, 6.45) is -6.42. The Labute approximate surface area is 194 Å². The molecule has 15 heteroatoms. The summed E-state index contributed by atoms with van der Waals surface area (Å²) < 4.78 is 76.8. The van der Waals surface area contributed by atoms with Crippen molar-refractivity contribution in [3.8, 4) is 0 Å². The predicted molar refractivity (Wildman–Crippen MR) is 110 cm³/mol. The number of nitrogens with one attached hydrogen (secondary N) is 2. The molecule has 0 unspecified atom stereocenters. The number of anilines is 2. The van der Waals surface area contributed by atoms with E-state index in [1.54, 1.807) is 9.80 Å². The quantitative estimate of drug-likeness (QED) is 0.615. The van der Waals surface area contributed by atoms with Crippen molar-refractivity contribution in [2.45, 2.75) is 37.7 Å². The van der Waals surface area contributed by atoms with Crippen molar-refractivity contribution < 1.29 is 31.1 Å². The number of aromatic nitrogens is 4. The molecule has 2 fully saturated rings. The third-order valence-corrected chi connectivity index (χ3v) is 6.08. The zero-order valence-corrected chi connectivity index (χ0v) is 18.2. The van der Waals surface area contributed by atoms with E-state index in [2.05, 4.69) is 20.4 Å². The van der Waals surface area contributed by atoms with Gasteiger partial charge in [-0.1, -0.05) is 0 Å². The van der Waals surface area contributed by atoms with E-state index in [0.29, 0.717) is 51.5 Å². The summed E-state index contributed by atoms with van der Waals surface area (Å²) >= 11 is 0. The van der Waals surface area contributed by atoms with Crippen LogP contribution in [0.15, 0.2) is 23.3 Å². The Morgan fingerprint density at radius 3 is 2.26 bits per heavy atom. The Morgan fingerprint density at radius 1 is 1.00 bits per heavy atom. The highest BCUT2D eigenvalue weighted by atomic mass is 19.4. The lowest BCUT2D eigenvalue weighted by atomic mass is 10.1. The number of hydrogen-bond donors (Lipinski definition) is 2. The van der Waals surface area contributed by atoms with Crippen LogP contribution in [0.1, 0.15) is 30.4 Å². The summed E-state index contributed by atoms with van der Waals surface area (Å²) in [4.78, 5) is 35.2. The fourth-order valence-electron chi connectivity index (χ4n) is 4.25. The number of H-pyrrole nitrogens is 1. The second kappa shape index (κ2) is 9.34. The van der Waals surface area contributed by atoms with Gasteiger partial charge in [-0.2, -0.15) is 31.4 Å². The lowest BCUT2D eigenvalue weighted by Gasteiger charge is -2.36. The molecule has 2 aromatic heterocycles. The third-order valence-electron chi connectivity index (χ3n) is 6.08. The molecule has 3 heterocycles. The number of hydrogen-bond acceptors (Lipinski definition) is 7. The molecule has 1 saturated carbocycles. The molecule has 0 radical (unpaired) electrons. The fourth-order valence-corrected chi connectivity index (χ4v) is 4.25. The molecule has 4 rings (SSSR count). The van der Waals surface area contributed by atoms with E-state index in [-0.39, 0.29) is 29.6 Å². The first-order valence-corrected chi connectivity index (χ1v) is 10.8. The van der Waals surface area contributed by atoms with Crippen LogP contribution in [0.5, 0.6) is 0 Å². The average molecular weight is 505 g/mol. The molecule has 0 spiro atoms. The summed E-state index contributed by atoms with van der Waals surface area (Å²) in [7, 11) is 0. The minimum Gasteiger partial charge on any atom is -0.366 e. The maximum atomic E-state index is 12.9. The number of carbonyl (C=O) groups excluding carboxylic acids is 1. The van der Waals surface area contributed by atoms with Crippen LogP contribution in [-0.2, 0) is 17.1 Å². The summed E-state index contributed by atoms with van der Waals surface area (Å²) in [6.45, 7) is 1.39. The topological polar surface area (TPSA) is 107 Å². The van der Waals surface area contributed by atoms with Crippen molar-refractivity contribution in [2.24, 2.45) is 5.92 Å². The molecule has 1 aliphatic carbocycles. The van der Waals surface area contributed by atoms with Crippen molar-refractivity contribution in [1.29, 1.82) is 0 Å². The number of amides is 1. The summed E-state index contributed by atoms with van der Waals surface area (Å²) in [6, 6.07) is 0.363. The van der Waals surface area contributed by atoms with Crippen LogP contribution >= 0.6 is 0 Å². The van der Waals surface area contributed by atoms with Crippen LogP contribution in [0.3, 0.4) is 0 Å². The van der Waals surface area contributed by atoms with Crippen molar-refractivity contribution in [1.82, 2.24) is 25.1 Å². The second-order valence-corrected chi connectivity index (χ2v) is 8.43. The van der Waals surface area contributed by atoms with E-state index in [0.717, 1.165) is 12.4 Å². The van der Waals surface area contributed by atoms with E-state index in [9.17, 15) is 35.9 Å². The Balaban J connectivity index is 1.30. The lowest BCUT2D eigenvalue weighted by Crippen LogP contribution is -2.50. The highest BCUT2D eigenvalue weighted by Crippen LogP contribution is 2.32. The van der Waals surface area contributed by atoms with Gasteiger partial charge in [-0.3, -0.25) is 9.59 Å². The standard InChI is InChI=1S/C20H21F6N7O2/c21-19(22,23)12-9-27-18(28-10-12)33-5-3-32(4-6-33)17(35)11-1-2-13(7-11)29-15-8-14(20(24,25)26)16(34)31-30-15/h8-11,13H,1-7H2,(H,29,30)(H,31,34)/t11-,13+/m1/s1. The number of rotatable bonds is 4. The summed E-state index contributed by atoms with van der Waals surface area (Å²) in [5.74, 6) is -0.388. The normalized spacial score (nSPS) is 21.3. The molecule has 9 nitrogen and oxygen atoms in total. The number of aromatic amines is 1. The molecule has 0 bridgehead atoms. The molecule has 2 N–H and O–H groups in total. The van der Waals surface area contributed by atoms with E-state index in [4.69, 9.17) is 0 Å². The number of piperazine rings is 1. The van der Waals surface area contributed by atoms with Gasteiger partial charge in [-0.05, 0) is 19.3 Å². The van der Waals surface area contributed by atoms with Gasteiger partial charge < -0.3 is 15.1 Å².